The molecular weight excluding hydrogens is 244 g/mol. The molecule has 0 spiro atoms. The van der Waals surface area contributed by atoms with Crippen LogP contribution in [0.1, 0.15) is 0 Å². The topological polar surface area (TPSA) is 72.0 Å². The van der Waals surface area contributed by atoms with Gasteiger partial charge in [0.1, 0.15) is 11.1 Å². The third-order valence-corrected chi connectivity index (χ3v) is 3.01. The van der Waals surface area contributed by atoms with Crippen molar-refractivity contribution in [2.24, 2.45) is 0 Å². The normalized spacial score (nSPS) is 11.4. The van der Waals surface area contributed by atoms with Crippen LogP contribution in [-0.2, 0) is 0 Å². The summed E-state index contributed by atoms with van der Waals surface area (Å²) in [5, 5.41) is 0.797. The molecule has 0 radical (unpaired) electrons. The van der Waals surface area contributed by atoms with Crippen LogP contribution >= 0.6 is 0 Å². The maximum atomic E-state index is 11.9. The van der Waals surface area contributed by atoms with Crippen molar-refractivity contribution in [2.75, 3.05) is 0 Å². The average Bonchev–Trinajstić information content (AvgIpc) is 3.08. The lowest BCUT2D eigenvalue weighted by molar-refractivity contribution is 0.568. The van der Waals surface area contributed by atoms with Crippen molar-refractivity contribution in [1.29, 1.82) is 0 Å². The molecule has 0 fully saturated rings. The van der Waals surface area contributed by atoms with Gasteiger partial charge in [0, 0.05) is 5.39 Å². The molecule has 5 nitrogen and oxygen atoms in total. The second-order valence-corrected chi connectivity index (χ2v) is 4.17. The van der Waals surface area contributed by atoms with E-state index in [0.29, 0.717) is 28.2 Å². The second kappa shape index (κ2) is 3.58. The monoisotopic (exact) mass is 252 g/mol. The van der Waals surface area contributed by atoms with Crippen LogP contribution in [0.5, 0.6) is 0 Å². The van der Waals surface area contributed by atoms with Gasteiger partial charge in [-0.25, -0.2) is 9.78 Å². The Morgan fingerprint density at radius 3 is 2.84 bits per heavy atom. The molecule has 0 aliphatic rings. The molecule has 3 heterocycles. The van der Waals surface area contributed by atoms with Gasteiger partial charge in [-0.05, 0) is 24.3 Å². The zero-order valence-corrected chi connectivity index (χ0v) is 9.71. The van der Waals surface area contributed by atoms with Gasteiger partial charge < -0.3 is 13.8 Å². The number of nitrogens with zero attached hydrogens (tertiary/aromatic N) is 1. The number of benzene rings is 1. The van der Waals surface area contributed by atoms with Gasteiger partial charge in [-0.1, -0.05) is 12.1 Å². The van der Waals surface area contributed by atoms with Crippen molar-refractivity contribution < 1.29 is 8.83 Å². The first-order valence-electron chi connectivity index (χ1n) is 5.78. The quantitative estimate of drug-likeness (QED) is 0.528. The lowest BCUT2D eigenvalue weighted by atomic mass is 10.2. The molecule has 1 aromatic carbocycles. The molecule has 0 aliphatic heterocycles. The number of nitrogens with one attached hydrogen (secondary N) is 1. The summed E-state index contributed by atoms with van der Waals surface area (Å²) < 4.78 is 10.5. The molecule has 19 heavy (non-hydrogen) atoms. The Morgan fingerprint density at radius 1 is 1.11 bits per heavy atom. The fraction of sp³-hybridized carbons (Fsp3) is 0. The number of aromatic amines is 1. The van der Waals surface area contributed by atoms with Gasteiger partial charge in [-0.15, -0.1) is 0 Å². The number of hydrogen-bond acceptors (Lipinski definition) is 4. The highest BCUT2D eigenvalue weighted by Gasteiger charge is 2.14. The zero-order chi connectivity index (χ0) is 12.8. The Balaban J connectivity index is 2.16. The standard InChI is InChI=1S/C14H8N2O3/c17-14-12-11(8-4-1-2-5-9(8)19-14)15-13(16-12)10-6-3-7-18-10/h1-7H,(H,15,16). The highest BCUT2D eigenvalue weighted by molar-refractivity contribution is 6.01. The fourth-order valence-electron chi connectivity index (χ4n) is 2.15. The van der Waals surface area contributed by atoms with Crippen molar-refractivity contribution >= 4 is 22.0 Å². The van der Waals surface area contributed by atoms with E-state index in [-0.39, 0.29) is 0 Å². The summed E-state index contributed by atoms with van der Waals surface area (Å²) in [7, 11) is 0. The minimum absolute atomic E-state index is 0.352. The summed E-state index contributed by atoms with van der Waals surface area (Å²) in [6.45, 7) is 0. The van der Waals surface area contributed by atoms with E-state index in [2.05, 4.69) is 9.97 Å². The largest absolute Gasteiger partial charge is 0.461 e. The summed E-state index contributed by atoms with van der Waals surface area (Å²) >= 11 is 0. The molecule has 0 saturated carbocycles. The number of fused-ring (bicyclic) bond motifs is 3. The Hall–Kier alpha value is -2.82. The molecule has 3 aromatic heterocycles. The number of imidazole rings is 1. The predicted molar refractivity (Wildman–Crippen MR) is 69.8 cm³/mol. The molecule has 0 amide bonds. The molecule has 0 saturated heterocycles. The molecule has 0 unspecified atom stereocenters. The van der Waals surface area contributed by atoms with Crippen molar-refractivity contribution in [1.82, 2.24) is 9.97 Å². The first-order valence-corrected chi connectivity index (χ1v) is 5.78. The SMILES string of the molecule is O=c1oc2ccccc2c2nc(-c3ccco3)[nH]c12. The van der Waals surface area contributed by atoms with Gasteiger partial charge in [-0.2, -0.15) is 0 Å². The third kappa shape index (κ3) is 1.41. The molecule has 0 atom stereocenters. The van der Waals surface area contributed by atoms with Crippen LogP contribution in [0.2, 0.25) is 0 Å². The highest BCUT2D eigenvalue weighted by atomic mass is 16.4. The summed E-state index contributed by atoms with van der Waals surface area (Å²) in [4.78, 5) is 19.3. The number of rotatable bonds is 1. The molecule has 0 bridgehead atoms. The van der Waals surface area contributed by atoms with E-state index in [0.717, 1.165) is 5.39 Å². The lowest BCUT2D eigenvalue weighted by Crippen LogP contribution is -1.99. The predicted octanol–water partition coefficient (Wildman–Crippen LogP) is 2.93. The van der Waals surface area contributed by atoms with Gasteiger partial charge in [0.05, 0.1) is 6.26 Å². The van der Waals surface area contributed by atoms with E-state index < -0.39 is 5.63 Å². The van der Waals surface area contributed by atoms with Crippen molar-refractivity contribution in [3.63, 3.8) is 0 Å². The van der Waals surface area contributed by atoms with Crippen LogP contribution in [0.4, 0.5) is 0 Å². The average molecular weight is 252 g/mol. The van der Waals surface area contributed by atoms with Crippen LogP contribution in [-0.4, -0.2) is 9.97 Å². The Morgan fingerprint density at radius 2 is 2.00 bits per heavy atom. The van der Waals surface area contributed by atoms with Crippen LogP contribution in [0.15, 0.2) is 56.3 Å². The third-order valence-electron chi connectivity index (χ3n) is 3.01. The second-order valence-electron chi connectivity index (χ2n) is 4.17. The van der Waals surface area contributed by atoms with Gasteiger partial charge in [0.15, 0.2) is 17.1 Å². The Bertz CT molecular complexity index is 932. The summed E-state index contributed by atoms with van der Waals surface area (Å²) in [6, 6.07) is 10.9. The van der Waals surface area contributed by atoms with Crippen molar-refractivity contribution in [3.05, 3.63) is 53.1 Å². The number of hydrogen-bond donors (Lipinski definition) is 1. The van der Waals surface area contributed by atoms with E-state index in [9.17, 15) is 4.79 Å². The first-order chi connectivity index (χ1) is 9.33. The summed E-state index contributed by atoms with van der Waals surface area (Å²) in [5.74, 6) is 1.10. The fourth-order valence-corrected chi connectivity index (χ4v) is 2.15. The van der Waals surface area contributed by atoms with E-state index in [4.69, 9.17) is 8.83 Å². The number of para-hydroxylation sites is 1. The van der Waals surface area contributed by atoms with Crippen LogP contribution < -0.4 is 5.63 Å². The minimum Gasteiger partial charge on any atom is -0.461 e. The van der Waals surface area contributed by atoms with E-state index in [1.54, 1.807) is 24.5 Å². The molecule has 1 N–H and O–H groups in total. The van der Waals surface area contributed by atoms with E-state index in [1.165, 1.54) is 0 Å². The summed E-state index contributed by atoms with van der Waals surface area (Å²) in [6.07, 6.45) is 1.56. The molecule has 5 heteroatoms. The number of furan rings is 1. The molecular formula is C14H8N2O3. The number of H-pyrrole nitrogens is 1. The van der Waals surface area contributed by atoms with E-state index >= 15 is 0 Å². The van der Waals surface area contributed by atoms with Gasteiger partial charge in [-0.3, -0.25) is 0 Å². The highest BCUT2D eigenvalue weighted by Crippen LogP contribution is 2.24. The van der Waals surface area contributed by atoms with Gasteiger partial charge in [0.25, 0.3) is 0 Å². The summed E-state index contributed by atoms with van der Waals surface area (Å²) in [5.41, 5.74) is 1.04. The zero-order valence-electron chi connectivity index (χ0n) is 9.71. The Kier molecular flexibility index (Phi) is 1.91. The Labute approximate surface area is 106 Å². The molecule has 4 aromatic rings. The minimum atomic E-state index is -0.431. The lowest BCUT2D eigenvalue weighted by Gasteiger charge is -1.95. The van der Waals surface area contributed by atoms with Gasteiger partial charge in [0.2, 0.25) is 0 Å². The number of aromatic nitrogens is 2. The van der Waals surface area contributed by atoms with Crippen LogP contribution in [0, 0.1) is 0 Å². The van der Waals surface area contributed by atoms with Gasteiger partial charge >= 0.3 is 5.63 Å². The van der Waals surface area contributed by atoms with Crippen molar-refractivity contribution in [2.45, 2.75) is 0 Å². The van der Waals surface area contributed by atoms with Crippen LogP contribution in [0.25, 0.3) is 33.6 Å². The maximum Gasteiger partial charge on any atom is 0.362 e. The molecule has 92 valence electrons. The van der Waals surface area contributed by atoms with E-state index in [1.807, 2.05) is 18.2 Å². The molecule has 0 aliphatic carbocycles. The van der Waals surface area contributed by atoms with Crippen LogP contribution in [0.3, 0.4) is 0 Å². The smallest absolute Gasteiger partial charge is 0.362 e. The maximum absolute atomic E-state index is 11.9. The van der Waals surface area contributed by atoms with Crippen molar-refractivity contribution in [3.8, 4) is 11.6 Å². The first kappa shape index (κ1) is 10.1. The molecule has 4 rings (SSSR count).